The molecule has 0 unspecified atom stereocenters. The van der Waals surface area contributed by atoms with E-state index in [0.717, 1.165) is 0 Å². The van der Waals surface area contributed by atoms with E-state index in [1.165, 1.54) is 0 Å². The fourth-order valence-electron chi connectivity index (χ4n) is 3.88. The predicted octanol–water partition coefficient (Wildman–Crippen LogP) is 1.88. The van der Waals surface area contributed by atoms with Gasteiger partial charge in [-0.05, 0) is 41.5 Å². The summed E-state index contributed by atoms with van der Waals surface area (Å²) in [6, 6.07) is 0. The van der Waals surface area contributed by atoms with E-state index in [-0.39, 0.29) is 144 Å². The van der Waals surface area contributed by atoms with Crippen molar-refractivity contribution in [1.29, 1.82) is 0 Å². The Morgan fingerprint density at radius 3 is 0.983 bits per heavy atom. The minimum Gasteiger partial charge on any atom is -0.463 e. The second-order valence-corrected chi connectivity index (χ2v) is 14.2. The number of esters is 4. The third-order valence-electron chi connectivity index (χ3n) is 6.47. The summed E-state index contributed by atoms with van der Waals surface area (Å²) in [6.45, 7) is 14.4. The summed E-state index contributed by atoms with van der Waals surface area (Å²) >= 11 is 0. The van der Waals surface area contributed by atoms with Gasteiger partial charge in [0.25, 0.3) is 0 Å². The molecule has 0 heterocycles. The van der Waals surface area contributed by atoms with Gasteiger partial charge in [0.05, 0.1) is 79.3 Å². The van der Waals surface area contributed by atoms with Gasteiger partial charge in [-0.2, -0.15) is 0 Å². The number of carbonyl (C=O) groups excluding carboxylic acids is 6. The number of alkyl carbamates (subject to hydrolysis) is 2. The molecule has 0 aliphatic rings. The fourth-order valence-corrected chi connectivity index (χ4v) is 3.88. The van der Waals surface area contributed by atoms with E-state index >= 15 is 0 Å². The highest BCUT2D eigenvalue weighted by molar-refractivity contribution is 5.78. The zero-order valence-electron chi connectivity index (χ0n) is 36.1. The van der Waals surface area contributed by atoms with Crippen molar-refractivity contribution in [3.63, 3.8) is 0 Å². The zero-order valence-corrected chi connectivity index (χ0v) is 36.1. The lowest BCUT2D eigenvalue weighted by Gasteiger charge is -2.20. The molecular weight excluding hydrogens is 788 g/mol. The number of hydrogen-bond donors (Lipinski definition) is 2. The first-order chi connectivity index (χ1) is 27.9. The summed E-state index contributed by atoms with van der Waals surface area (Å²) in [7, 11) is 0. The maximum atomic E-state index is 12.0. The Bertz CT molecular complexity index is 1090. The van der Waals surface area contributed by atoms with Crippen LogP contribution < -0.4 is 10.6 Å². The number of carbonyl (C=O) groups is 6. The lowest BCUT2D eigenvalue weighted by Crippen LogP contribution is -2.36. The van der Waals surface area contributed by atoms with Gasteiger partial charge in [0.2, 0.25) is 0 Å². The maximum absolute atomic E-state index is 12.0. The molecule has 0 aliphatic heterocycles. The second kappa shape index (κ2) is 33.9. The second-order valence-electron chi connectivity index (χ2n) is 14.2. The van der Waals surface area contributed by atoms with E-state index in [0.29, 0.717) is 0 Å². The van der Waals surface area contributed by atoms with Crippen molar-refractivity contribution in [3.8, 4) is 0 Å². The van der Waals surface area contributed by atoms with Crippen molar-refractivity contribution in [2.75, 3.05) is 119 Å². The Labute approximate surface area is 347 Å². The molecule has 59 heavy (non-hydrogen) atoms. The van der Waals surface area contributed by atoms with Gasteiger partial charge in [-0.25, -0.2) is 9.59 Å². The molecule has 0 aromatic carbocycles. The van der Waals surface area contributed by atoms with Crippen molar-refractivity contribution in [3.05, 3.63) is 0 Å². The number of amides is 2. The molecule has 0 aromatic heterocycles. The lowest BCUT2D eigenvalue weighted by molar-refractivity contribution is -0.147. The Balaban J connectivity index is 4.76. The summed E-state index contributed by atoms with van der Waals surface area (Å²) in [5.74, 6) is -2.00. The Kier molecular flexibility index (Phi) is 31.7. The first-order valence-electron chi connectivity index (χ1n) is 19.6. The number of nitrogens with one attached hydrogen (secondary N) is 2. The molecule has 21 nitrogen and oxygen atoms in total. The van der Waals surface area contributed by atoms with Crippen LogP contribution in [-0.4, -0.2) is 178 Å². The van der Waals surface area contributed by atoms with Crippen LogP contribution >= 0.6 is 0 Å². The third kappa shape index (κ3) is 38.1. The Morgan fingerprint density at radius 1 is 0.407 bits per heavy atom. The lowest BCUT2D eigenvalue weighted by atomic mass is 10.2. The van der Waals surface area contributed by atoms with Gasteiger partial charge < -0.3 is 72.2 Å². The fraction of sp³-hybridized carbons (Fsp3) is 0.842. The van der Waals surface area contributed by atoms with Crippen LogP contribution in [0.15, 0.2) is 0 Å². The van der Waals surface area contributed by atoms with E-state index < -0.39 is 47.5 Å². The van der Waals surface area contributed by atoms with Crippen molar-refractivity contribution in [2.45, 2.75) is 91.6 Å². The molecule has 0 spiro atoms. The summed E-state index contributed by atoms with van der Waals surface area (Å²) in [4.78, 5) is 70.0. The highest BCUT2D eigenvalue weighted by Crippen LogP contribution is 2.07. The highest BCUT2D eigenvalue weighted by atomic mass is 16.6. The van der Waals surface area contributed by atoms with E-state index in [9.17, 15) is 28.8 Å². The topological polar surface area (TPSA) is 246 Å². The number of rotatable bonds is 34. The van der Waals surface area contributed by atoms with Crippen LogP contribution in [0.2, 0.25) is 0 Å². The molecular formula is C38H68N2O19. The summed E-state index contributed by atoms with van der Waals surface area (Å²) in [5, 5.41) is 4.63. The monoisotopic (exact) mass is 856 g/mol. The first-order valence-corrected chi connectivity index (χ1v) is 19.6. The van der Waals surface area contributed by atoms with E-state index in [1.807, 2.05) is 0 Å². The van der Waals surface area contributed by atoms with Gasteiger partial charge in [0, 0.05) is 12.8 Å². The SMILES string of the molecule is CCC(=O)OCCOCC(COCCOC(=O)CC)OCCOCCOC(COCCOC(=O)CNC(=O)OC(C)(C)C)COCCOC(=O)CNC(=O)OC(C)(C)C. The Morgan fingerprint density at radius 2 is 0.695 bits per heavy atom. The molecule has 0 rings (SSSR count). The standard InChI is InChI=1S/C38H68N2O19/c1-9-31(41)54-19-13-48-25-29(26-49-14-20-55-32(42)10-2)52-17-11-47-12-18-53-30(27-50-15-21-56-33(43)23-39-35(45)58-37(3,4)5)28-51-16-22-57-34(44)24-40-36(46)59-38(6,7)8/h29-30H,9-28H2,1-8H3,(H,39,45)(H,40,46). The molecule has 2 amide bonds. The summed E-state index contributed by atoms with van der Waals surface area (Å²) in [6.07, 6.45) is -2.02. The van der Waals surface area contributed by atoms with Gasteiger partial charge >= 0.3 is 36.1 Å². The van der Waals surface area contributed by atoms with Gasteiger partial charge in [-0.1, -0.05) is 13.8 Å². The van der Waals surface area contributed by atoms with Crippen molar-refractivity contribution < 1.29 is 90.3 Å². The normalized spacial score (nSPS) is 11.6. The minimum absolute atomic E-state index is 0.0243. The van der Waals surface area contributed by atoms with Crippen LogP contribution in [0.25, 0.3) is 0 Å². The maximum Gasteiger partial charge on any atom is 0.408 e. The molecule has 2 N–H and O–H groups in total. The molecule has 0 aliphatic carbocycles. The first kappa shape index (κ1) is 55.1. The largest absolute Gasteiger partial charge is 0.463 e. The van der Waals surface area contributed by atoms with E-state index in [4.69, 9.17) is 61.6 Å². The third-order valence-corrected chi connectivity index (χ3v) is 6.47. The van der Waals surface area contributed by atoms with Crippen LogP contribution in [-0.2, 0) is 80.8 Å². The quantitative estimate of drug-likeness (QED) is 0.0533. The van der Waals surface area contributed by atoms with Crippen LogP contribution in [0.5, 0.6) is 0 Å². The van der Waals surface area contributed by atoms with Crippen molar-refractivity contribution in [1.82, 2.24) is 10.6 Å². The van der Waals surface area contributed by atoms with Crippen LogP contribution in [0.3, 0.4) is 0 Å². The molecule has 344 valence electrons. The van der Waals surface area contributed by atoms with E-state index in [1.54, 1.807) is 55.4 Å². The Hall–Kier alpha value is -3.86. The molecule has 0 bridgehead atoms. The number of ether oxygens (including phenoxy) is 13. The van der Waals surface area contributed by atoms with Gasteiger partial charge in [-0.3, -0.25) is 19.2 Å². The van der Waals surface area contributed by atoms with Crippen molar-refractivity contribution >= 4 is 36.1 Å². The molecule has 0 aromatic rings. The summed E-state index contributed by atoms with van der Waals surface area (Å²) < 4.78 is 70.0. The molecule has 0 radical (unpaired) electrons. The average Bonchev–Trinajstić information content (AvgIpc) is 3.15. The highest BCUT2D eigenvalue weighted by Gasteiger charge is 2.19. The van der Waals surface area contributed by atoms with Gasteiger partial charge in [0.15, 0.2) is 0 Å². The molecule has 0 saturated heterocycles. The summed E-state index contributed by atoms with van der Waals surface area (Å²) in [5.41, 5.74) is -1.43. The molecule has 0 fully saturated rings. The molecule has 0 saturated carbocycles. The predicted molar refractivity (Wildman–Crippen MR) is 206 cm³/mol. The van der Waals surface area contributed by atoms with Crippen LogP contribution in [0.4, 0.5) is 9.59 Å². The van der Waals surface area contributed by atoms with Crippen molar-refractivity contribution in [2.24, 2.45) is 0 Å². The van der Waals surface area contributed by atoms with Crippen LogP contribution in [0, 0.1) is 0 Å². The molecule has 0 atom stereocenters. The molecule has 21 heteroatoms. The average molecular weight is 857 g/mol. The number of hydrogen-bond acceptors (Lipinski definition) is 19. The van der Waals surface area contributed by atoms with Crippen LogP contribution in [0.1, 0.15) is 68.2 Å². The van der Waals surface area contributed by atoms with Gasteiger partial charge in [-0.15, -0.1) is 0 Å². The van der Waals surface area contributed by atoms with Gasteiger partial charge in [0.1, 0.15) is 62.9 Å². The van der Waals surface area contributed by atoms with E-state index in [2.05, 4.69) is 10.6 Å². The minimum atomic E-state index is -0.748. The zero-order chi connectivity index (χ0) is 44.4. The smallest absolute Gasteiger partial charge is 0.408 e.